The number of carbonyl (C=O) groups excluding carboxylic acids is 1. The van der Waals surface area contributed by atoms with Crippen molar-refractivity contribution in [3.8, 4) is 0 Å². The molecule has 1 aromatic carbocycles. The Kier molecular flexibility index (Phi) is 6.53. The van der Waals surface area contributed by atoms with Crippen molar-refractivity contribution in [3.05, 3.63) is 48.2 Å². The minimum Gasteiger partial charge on any atom is -0.405 e. The molecule has 98 valence electrons. The highest BCUT2D eigenvalue weighted by Gasteiger charge is 2.15. The normalized spacial score (nSPS) is 12.5. The largest absolute Gasteiger partial charge is 0.405 e. The van der Waals surface area contributed by atoms with E-state index in [2.05, 4.69) is 5.48 Å². The molecule has 1 aromatic rings. The minimum atomic E-state index is -0.541. The molecule has 0 saturated heterocycles. The third-order valence-electron chi connectivity index (χ3n) is 2.40. The van der Waals surface area contributed by atoms with E-state index in [9.17, 15) is 4.79 Å². The van der Waals surface area contributed by atoms with E-state index in [1.807, 2.05) is 30.3 Å². The number of hydrogen-bond donors (Lipinski definition) is 3. The summed E-state index contributed by atoms with van der Waals surface area (Å²) in [7, 11) is 0. The van der Waals surface area contributed by atoms with Gasteiger partial charge in [-0.05, 0) is 18.2 Å². The lowest BCUT2D eigenvalue weighted by molar-refractivity contribution is -0.140. The molecule has 0 fully saturated rings. The van der Waals surface area contributed by atoms with E-state index in [0.717, 1.165) is 5.56 Å². The summed E-state index contributed by atoms with van der Waals surface area (Å²) in [6.45, 7) is 0.0440. The smallest absolute Gasteiger partial charge is 0.249 e. The van der Waals surface area contributed by atoms with Crippen molar-refractivity contribution in [1.82, 2.24) is 5.48 Å². The van der Waals surface area contributed by atoms with Gasteiger partial charge in [0.2, 0.25) is 5.91 Å². The number of benzene rings is 1. The summed E-state index contributed by atoms with van der Waals surface area (Å²) in [4.78, 5) is 16.7. The van der Waals surface area contributed by atoms with Crippen molar-refractivity contribution < 1.29 is 14.7 Å². The van der Waals surface area contributed by atoms with Crippen LogP contribution in [0.4, 0.5) is 0 Å². The molecule has 5 heteroatoms. The quantitative estimate of drug-likeness (QED) is 0.622. The van der Waals surface area contributed by atoms with E-state index in [4.69, 9.17) is 15.7 Å². The van der Waals surface area contributed by atoms with Gasteiger partial charge in [-0.1, -0.05) is 36.4 Å². The third-order valence-corrected chi connectivity index (χ3v) is 2.40. The minimum absolute atomic E-state index is 0.245. The molecule has 0 aliphatic rings. The van der Waals surface area contributed by atoms with Gasteiger partial charge in [-0.15, -0.1) is 0 Å². The number of allylic oxidation sites excluding steroid dienone is 1. The number of hydroxylamine groups is 1. The molecule has 0 aliphatic carbocycles. The van der Waals surface area contributed by atoms with Gasteiger partial charge in [-0.2, -0.15) is 0 Å². The molecule has 0 aromatic heterocycles. The Bertz CT molecular complexity index is 379. The van der Waals surface area contributed by atoms with Crippen molar-refractivity contribution in [3.63, 3.8) is 0 Å². The van der Waals surface area contributed by atoms with Gasteiger partial charge in [0.1, 0.15) is 0 Å². The van der Waals surface area contributed by atoms with Gasteiger partial charge in [-0.3, -0.25) is 9.63 Å². The molecule has 1 rings (SSSR count). The van der Waals surface area contributed by atoms with E-state index >= 15 is 0 Å². The first-order valence-corrected chi connectivity index (χ1v) is 5.71. The van der Waals surface area contributed by atoms with Gasteiger partial charge in [-0.25, -0.2) is 5.48 Å². The molecule has 0 bridgehead atoms. The molecule has 0 spiro atoms. The van der Waals surface area contributed by atoms with Gasteiger partial charge in [0.25, 0.3) is 0 Å². The number of nitrogens with one attached hydrogen (secondary N) is 1. The van der Waals surface area contributed by atoms with E-state index in [0.29, 0.717) is 6.42 Å². The molecule has 1 amide bonds. The summed E-state index contributed by atoms with van der Waals surface area (Å²) >= 11 is 0. The number of nitrogens with two attached hydrogens (primary N) is 1. The zero-order valence-corrected chi connectivity index (χ0v) is 10.1. The second-order valence-corrected chi connectivity index (χ2v) is 3.78. The number of hydrogen-bond acceptors (Lipinski definition) is 4. The molecular formula is C13H18N2O3. The second kappa shape index (κ2) is 8.27. The Morgan fingerprint density at radius 3 is 2.78 bits per heavy atom. The Labute approximate surface area is 106 Å². The number of aliphatic hydroxyl groups excluding tert-OH is 1. The average molecular weight is 250 g/mol. The molecule has 18 heavy (non-hydrogen) atoms. The number of carbonyl (C=O) groups is 1. The zero-order chi connectivity index (χ0) is 13.2. The highest BCUT2D eigenvalue weighted by molar-refractivity contribution is 5.77. The summed E-state index contributed by atoms with van der Waals surface area (Å²) in [5.74, 6) is -0.896. The van der Waals surface area contributed by atoms with Crippen LogP contribution in [0.15, 0.2) is 42.6 Å². The third kappa shape index (κ3) is 4.99. The predicted molar refractivity (Wildman–Crippen MR) is 67.9 cm³/mol. The lowest BCUT2D eigenvalue weighted by Gasteiger charge is -2.12. The van der Waals surface area contributed by atoms with Crippen LogP contribution >= 0.6 is 0 Å². The van der Waals surface area contributed by atoms with Gasteiger partial charge in [0.15, 0.2) is 0 Å². The van der Waals surface area contributed by atoms with Crippen LogP contribution in [0.5, 0.6) is 0 Å². The molecule has 0 radical (unpaired) electrons. The average Bonchev–Trinajstić information content (AvgIpc) is 2.41. The first kappa shape index (κ1) is 14.2. The van der Waals surface area contributed by atoms with Crippen molar-refractivity contribution in [1.29, 1.82) is 0 Å². The van der Waals surface area contributed by atoms with Crippen LogP contribution in [-0.4, -0.2) is 17.6 Å². The van der Waals surface area contributed by atoms with Crippen LogP contribution in [0.3, 0.4) is 0 Å². The summed E-state index contributed by atoms with van der Waals surface area (Å²) in [5, 5.41) is 9.05. The maximum absolute atomic E-state index is 11.6. The van der Waals surface area contributed by atoms with Crippen LogP contribution < -0.4 is 11.2 Å². The van der Waals surface area contributed by atoms with Crippen molar-refractivity contribution in [2.75, 3.05) is 6.61 Å². The summed E-state index contributed by atoms with van der Waals surface area (Å²) in [5.41, 5.74) is 8.46. The van der Waals surface area contributed by atoms with Gasteiger partial charge in [0.05, 0.1) is 19.1 Å². The summed E-state index contributed by atoms with van der Waals surface area (Å²) in [6.07, 6.45) is 3.35. The SMILES string of the molecule is N/C=C/CC(CO)C(=O)NOCc1ccccc1. The van der Waals surface area contributed by atoms with Crippen molar-refractivity contribution in [2.24, 2.45) is 11.7 Å². The van der Waals surface area contributed by atoms with E-state index < -0.39 is 5.92 Å². The molecular weight excluding hydrogens is 232 g/mol. The standard InChI is InChI=1S/C13H18N2O3/c14-8-4-7-12(9-16)13(17)15-18-10-11-5-2-1-3-6-11/h1-6,8,12,16H,7,9-10,14H2,(H,15,17)/b8-4+. The Morgan fingerprint density at radius 2 is 2.17 bits per heavy atom. The van der Waals surface area contributed by atoms with Gasteiger partial charge >= 0.3 is 0 Å². The van der Waals surface area contributed by atoms with Crippen molar-refractivity contribution in [2.45, 2.75) is 13.0 Å². The highest BCUT2D eigenvalue weighted by atomic mass is 16.6. The fourth-order valence-corrected chi connectivity index (χ4v) is 1.36. The van der Waals surface area contributed by atoms with Gasteiger partial charge in [0, 0.05) is 0 Å². The molecule has 4 N–H and O–H groups in total. The van der Waals surface area contributed by atoms with Crippen LogP contribution in [0, 0.1) is 5.92 Å². The number of amides is 1. The van der Waals surface area contributed by atoms with Crippen LogP contribution in [0.1, 0.15) is 12.0 Å². The maximum Gasteiger partial charge on any atom is 0.249 e. The number of aliphatic hydroxyl groups is 1. The Morgan fingerprint density at radius 1 is 1.44 bits per heavy atom. The number of rotatable bonds is 7. The molecule has 0 saturated carbocycles. The fraction of sp³-hybridized carbons (Fsp3) is 0.308. The zero-order valence-electron chi connectivity index (χ0n) is 10.1. The molecule has 1 atom stereocenters. The van der Waals surface area contributed by atoms with Gasteiger partial charge < -0.3 is 10.8 Å². The maximum atomic E-state index is 11.6. The van der Waals surface area contributed by atoms with E-state index in [1.165, 1.54) is 6.20 Å². The topological polar surface area (TPSA) is 84.6 Å². The monoisotopic (exact) mass is 250 g/mol. The van der Waals surface area contributed by atoms with Crippen LogP contribution in [0.2, 0.25) is 0 Å². The van der Waals surface area contributed by atoms with E-state index in [-0.39, 0.29) is 19.1 Å². The molecule has 0 heterocycles. The van der Waals surface area contributed by atoms with Crippen LogP contribution in [0.25, 0.3) is 0 Å². The lowest BCUT2D eigenvalue weighted by atomic mass is 10.1. The van der Waals surface area contributed by atoms with E-state index in [1.54, 1.807) is 6.08 Å². The first-order chi connectivity index (χ1) is 8.77. The predicted octanol–water partition coefficient (Wildman–Crippen LogP) is 0.705. The molecule has 0 aliphatic heterocycles. The Hall–Kier alpha value is -1.85. The first-order valence-electron chi connectivity index (χ1n) is 5.71. The van der Waals surface area contributed by atoms with Crippen molar-refractivity contribution >= 4 is 5.91 Å². The Balaban J connectivity index is 2.31. The second-order valence-electron chi connectivity index (χ2n) is 3.78. The fourth-order valence-electron chi connectivity index (χ4n) is 1.36. The highest BCUT2D eigenvalue weighted by Crippen LogP contribution is 2.04. The molecule has 1 unspecified atom stereocenters. The summed E-state index contributed by atoms with van der Waals surface area (Å²) in [6, 6.07) is 9.48. The lowest BCUT2D eigenvalue weighted by Crippen LogP contribution is -2.32. The molecule has 5 nitrogen and oxygen atoms in total. The summed E-state index contributed by atoms with van der Waals surface area (Å²) < 4.78 is 0. The van der Waals surface area contributed by atoms with Crippen LogP contribution in [-0.2, 0) is 16.2 Å².